The van der Waals surface area contributed by atoms with Crippen LogP contribution in [0.1, 0.15) is 42.4 Å². The number of thiophene rings is 1. The van der Waals surface area contributed by atoms with E-state index in [2.05, 4.69) is 10.1 Å². The van der Waals surface area contributed by atoms with Crippen LogP contribution >= 0.6 is 11.3 Å². The maximum Gasteiger partial charge on any atom is 0.243 e. The van der Waals surface area contributed by atoms with E-state index in [1.165, 1.54) is 4.31 Å². The number of hydrogen-bond donors (Lipinski definition) is 0. The van der Waals surface area contributed by atoms with Gasteiger partial charge < -0.3 is 9.42 Å². The highest BCUT2D eigenvalue weighted by molar-refractivity contribution is 7.89. The molecule has 0 unspecified atom stereocenters. The summed E-state index contributed by atoms with van der Waals surface area (Å²) in [4.78, 5) is 20.5. The van der Waals surface area contributed by atoms with E-state index >= 15 is 0 Å². The average molecular weight is 487 g/mol. The van der Waals surface area contributed by atoms with Gasteiger partial charge in [-0.25, -0.2) is 8.42 Å². The SMILES string of the molecule is O=C(Cc1cccs1)N1CCC[C@@H](c2nc(-c3ccc(S(=O)(=O)N4CCCC4)cc3)no2)C1. The Balaban J connectivity index is 1.26. The predicted molar refractivity (Wildman–Crippen MR) is 124 cm³/mol. The highest BCUT2D eigenvalue weighted by Crippen LogP contribution is 2.29. The second-order valence-corrected chi connectivity index (χ2v) is 11.5. The van der Waals surface area contributed by atoms with Crippen molar-refractivity contribution in [1.82, 2.24) is 19.3 Å². The van der Waals surface area contributed by atoms with E-state index in [9.17, 15) is 13.2 Å². The molecule has 0 bridgehead atoms. The molecule has 2 fully saturated rings. The number of carbonyl (C=O) groups is 1. The van der Waals surface area contributed by atoms with Gasteiger partial charge in [0.2, 0.25) is 27.6 Å². The molecule has 33 heavy (non-hydrogen) atoms. The molecular weight excluding hydrogens is 460 g/mol. The molecule has 2 saturated heterocycles. The molecule has 2 aliphatic heterocycles. The van der Waals surface area contributed by atoms with Crippen LogP contribution in [0.25, 0.3) is 11.4 Å². The Morgan fingerprint density at radius 3 is 2.61 bits per heavy atom. The van der Waals surface area contributed by atoms with E-state index in [1.807, 2.05) is 22.4 Å². The van der Waals surface area contributed by atoms with E-state index in [0.717, 1.165) is 37.1 Å². The molecule has 174 valence electrons. The Labute approximate surface area is 197 Å². The molecule has 0 saturated carbocycles. The van der Waals surface area contributed by atoms with Gasteiger partial charge in [-0.1, -0.05) is 11.2 Å². The van der Waals surface area contributed by atoms with E-state index in [1.54, 1.807) is 35.6 Å². The number of sulfonamides is 1. The van der Waals surface area contributed by atoms with Gasteiger partial charge in [0.1, 0.15) is 0 Å². The lowest BCUT2D eigenvalue weighted by atomic mass is 9.97. The molecule has 8 nitrogen and oxygen atoms in total. The first-order valence-electron chi connectivity index (χ1n) is 11.2. The molecule has 2 aromatic heterocycles. The van der Waals surface area contributed by atoms with E-state index in [4.69, 9.17) is 4.52 Å². The number of likely N-dealkylation sites (tertiary alicyclic amines) is 1. The zero-order chi connectivity index (χ0) is 22.8. The van der Waals surface area contributed by atoms with Crippen molar-refractivity contribution in [1.29, 1.82) is 0 Å². The Hall–Kier alpha value is -2.56. The fraction of sp³-hybridized carbons (Fsp3) is 0.435. The maximum absolute atomic E-state index is 12.7. The van der Waals surface area contributed by atoms with Crippen LogP contribution in [0, 0.1) is 0 Å². The number of benzene rings is 1. The summed E-state index contributed by atoms with van der Waals surface area (Å²) in [6.45, 7) is 2.46. The molecule has 1 aromatic carbocycles. The van der Waals surface area contributed by atoms with Crippen LogP contribution in [0.15, 0.2) is 51.2 Å². The van der Waals surface area contributed by atoms with Crippen molar-refractivity contribution in [3.8, 4) is 11.4 Å². The summed E-state index contributed by atoms with van der Waals surface area (Å²) in [6.07, 6.45) is 4.01. The molecule has 5 rings (SSSR count). The van der Waals surface area contributed by atoms with Gasteiger partial charge in [-0.3, -0.25) is 4.79 Å². The largest absolute Gasteiger partial charge is 0.342 e. The van der Waals surface area contributed by atoms with Gasteiger partial charge in [-0.05, 0) is 61.4 Å². The van der Waals surface area contributed by atoms with E-state index in [0.29, 0.717) is 43.3 Å². The third kappa shape index (κ3) is 4.73. The molecule has 0 N–H and O–H groups in total. The summed E-state index contributed by atoms with van der Waals surface area (Å²) in [6, 6.07) is 10.6. The smallest absolute Gasteiger partial charge is 0.243 e. The van der Waals surface area contributed by atoms with Gasteiger partial charge in [0.25, 0.3) is 0 Å². The summed E-state index contributed by atoms with van der Waals surface area (Å²) in [5.74, 6) is 1.07. The highest BCUT2D eigenvalue weighted by Gasteiger charge is 2.30. The molecule has 10 heteroatoms. The summed E-state index contributed by atoms with van der Waals surface area (Å²) in [7, 11) is -3.45. The molecule has 2 aliphatic rings. The Bertz CT molecular complexity index is 1200. The highest BCUT2D eigenvalue weighted by atomic mass is 32.2. The van der Waals surface area contributed by atoms with Gasteiger partial charge in [-0.2, -0.15) is 9.29 Å². The van der Waals surface area contributed by atoms with Gasteiger partial charge in [0.15, 0.2) is 0 Å². The van der Waals surface area contributed by atoms with Crippen molar-refractivity contribution < 1.29 is 17.7 Å². The summed E-state index contributed by atoms with van der Waals surface area (Å²) in [5, 5.41) is 6.10. The maximum atomic E-state index is 12.7. The third-order valence-electron chi connectivity index (χ3n) is 6.29. The lowest BCUT2D eigenvalue weighted by Gasteiger charge is -2.31. The molecule has 0 radical (unpaired) electrons. The van der Waals surface area contributed by atoms with E-state index < -0.39 is 10.0 Å². The minimum Gasteiger partial charge on any atom is -0.342 e. The normalized spacial score (nSPS) is 19.8. The third-order valence-corrected chi connectivity index (χ3v) is 9.08. The second kappa shape index (κ2) is 9.36. The Morgan fingerprint density at radius 2 is 1.88 bits per heavy atom. The van der Waals surface area contributed by atoms with Crippen LogP contribution in [-0.4, -0.2) is 59.8 Å². The van der Waals surface area contributed by atoms with Crippen molar-refractivity contribution in [3.63, 3.8) is 0 Å². The summed E-state index contributed by atoms with van der Waals surface area (Å²) >= 11 is 1.59. The summed E-state index contributed by atoms with van der Waals surface area (Å²) < 4.78 is 32.5. The number of hydrogen-bond acceptors (Lipinski definition) is 7. The lowest BCUT2D eigenvalue weighted by molar-refractivity contribution is -0.131. The monoisotopic (exact) mass is 486 g/mol. The van der Waals surface area contributed by atoms with Crippen LogP contribution in [0.2, 0.25) is 0 Å². The second-order valence-electron chi connectivity index (χ2n) is 8.53. The first-order valence-corrected chi connectivity index (χ1v) is 13.6. The predicted octanol–water partition coefficient (Wildman–Crippen LogP) is 3.53. The van der Waals surface area contributed by atoms with Crippen LogP contribution < -0.4 is 0 Å². The molecule has 3 aromatic rings. The van der Waals surface area contributed by atoms with E-state index in [-0.39, 0.29) is 16.7 Å². The van der Waals surface area contributed by atoms with Crippen molar-refractivity contribution in [2.75, 3.05) is 26.2 Å². The number of nitrogens with zero attached hydrogens (tertiary/aromatic N) is 4. The standard InChI is InChI=1S/C23H26N4O4S2/c28-21(15-19-6-4-14-32-19)26-11-3-5-18(16-26)23-24-22(25-31-23)17-7-9-20(10-8-17)33(29,30)27-12-1-2-13-27/h4,6-10,14,18H,1-3,5,11-13,15-16H2/t18-/m1/s1. The van der Waals surface area contributed by atoms with Gasteiger partial charge in [0, 0.05) is 36.6 Å². The topological polar surface area (TPSA) is 96.6 Å². The zero-order valence-corrected chi connectivity index (χ0v) is 19.9. The average Bonchev–Trinajstić information content (AvgIpc) is 3.62. The summed E-state index contributed by atoms with van der Waals surface area (Å²) in [5.41, 5.74) is 0.701. The number of carbonyl (C=O) groups excluding carboxylic acids is 1. The number of rotatable bonds is 6. The number of aromatic nitrogens is 2. The first-order chi connectivity index (χ1) is 16.0. The van der Waals surface area contributed by atoms with Crippen LogP contribution in [0.4, 0.5) is 0 Å². The molecular formula is C23H26N4O4S2. The number of piperidine rings is 1. The first kappa shape index (κ1) is 22.2. The van der Waals surface area contributed by atoms with Gasteiger partial charge >= 0.3 is 0 Å². The molecule has 1 amide bonds. The zero-order valence-electron chi connectivity index (χ0n) is 18.2. The van der Waals surface area contributed by atoms with Gasteiger partial charge in [-0.15, -0.1) is 11.3 Å². The van der Waals surface area contributed by atoms with Crippen molar-refractivity contribution in [3.05, 3.63) is 52.5 Å². The molecule has 0 aliphatic carbocycles. The van der Waals surface area contributed by atoms with Crippen molar-refractivity contribution in [2.24, 2.45) is 0 Å². The van der Waals surface area contributed by atoms with Crippen LogP contribution in [0.3, 0.4) is 0 Å². The Morgan fingerprint density at radius 1 is 1.09 bits per heavy atom. The fourth-order valence-electron chi connectivity index (χ4n) is 4.45. The van der Waals surface area contributed by atoms with Gasteiger partial charge in [0.05, 0.1) is 17.2 Å². The minimum absolute atomic E-state index is 0.00195. The molecule has 4 heterocycles. The van der Waals surface area contributed by atoms with Crippen LogP contribution in [0.5, 0.6) is 0 Å². The fourth-order valence-corrected chi connectivity index (χ4v) is 6.66. The quantitative estimate of drug-likeness (QED) is 0.529. The molecule has 0 spiro atoms. The Kier molecular flexibility index (Phi) is 6.31. The number of amides is 1. The van der Waals surface area contributed by atoms with Crippen LogP contribution in [-0.2, 0) is 21.2 Å². The lowest BCUT2D eigenvalue weighted by Crippen LogP contribution is -2.39. The minimum atomic E-state index is -3.45. The van der Waals surface area contributed by atoms with Crippen molar-refractivity contribution >= 4 is 27.3 Å². The molecule has 1 atom stereocenters. The van der Waals surface area contributed by atoms with Crippen molar-refractivity contribution in [2.45, 2.75) is 42.9 Å².